The Labute approximate surface area is 273 Å². The molecule has 262 valence electrons. The number of cyclic esters (lactones) is 1. The Hall–Kier alpha value is -1.06. The minimum Gasteiger partial charge on any atom is -0.462 e. The lowest BCUT2D eigenvalue weighted by atomic mass is 9.96. The first kappa shape index (κ1) is 38.4. The Balaban J connectivity index is 1.16. The van der Waals surface area contributed by atoms with E-state index in [4.69, 9.17) is 14.2 Å². The summed E-state index contributed by atoms with van der Waals surface area (Å²) in [4.78, 5) is 23.2. The standard InChI is InChI=1S/C37H66O8/c1-3-4-5-6-7-8-12-15-18-31(39)35-23-24-36(45-35)33(41)21-20-32(40)34-22-19-29(43-34)16-13-10-9-11-14-17-30-26-28(25-27(2)38)37(42)44-30/h28-36,39-41H,3-26H2,1-2H3/t28-,29+,30+,31+,32-,33+,34-,35-,36+/m1/s1. The van der Waals surface area contributed by atoms with Crippen LogP contribution in [0, 0.1) is 5.92 Å². The molecule has 3 rings (SSSR count). The molecule has 0 aromatic rings. The summed E-state index contributed by atoms with van der Waals surface area (Å²) in [5.41, 5.74) is 0. The zero-order valence-electron chi connectivity index (χ0n) is 28.5. The van der Waals surface area contributed by atoms with E-state index in [1.807, 2.05) is 0 Å². The quantitative estimate of drug-likeness (QED) is 0.0714. The van der Waals surface area contributed by atoms with Crippen molar-refractivity contribution in [2.24, 2.45) is 5.92 Å². The lowest BCUT2D eigenvalue weighted by molar-refractivity contribution is -0.145. The molecule has 8 heteroatoms. The Bertz CT molecular complexity index is 820. The molecule has 0 spiro atoms. The number of hydrogen-bond donors (Lipinski definition) is 3. The molecule has 0 aromatic carbocycles. The van der Waals surface area contributed by atoms with E-state index < -0.39 is 18.3 Å². The monoisotopic (exact) mass is 638 g/mol. The summed E-state index contributed by atoms with van der Waals surface area (Å²) in [6.07, 6.45) is 21.5. The first-order chi connectivity index (χ1) is 21.8. The number of aliphatic hydroxyl groups is 3. The van der Waals surface area contributed by atoms with Gasteiger partial charge in [0.1, 0.15) is 11.9 Å². The predicted molar refractivity (Wildman–Crippen MR) is 176 cm³/mol. The van der Waals surface area contributed by atoms with Gasteiger partial charge >= 0.3 is 5.97 Å². The van der Waals surface area contributed by atoms with Gasteiger partial charge in [-0.15, -0.1) is 0 Å². The number of ether oxygens (including phenoxy) is 3. The average molecular weight is 639 g/mol. The molecule has 9 atom stereocenters. The molecule has 0 aromatic heterocycles. The molecule has 0 amide bonds. The van der Waals surface area contributed by atoms with Crippen LogP contribution in [0.4, 0.5) is 0 Å². The van der Waals surface area contributed by atoms with Gasteiger partial charge in [0.25, 0.3) is 0 Å². The third-order valence-corrected chi connectivity index (χ3v) is 10.4. The molecular formula is C37H66O8. The SMILES string of the molecule is CCCCCCCCCC[C@H](O)[C@H]1CC[C@@H]([C@@H](O)CC[C@@H](O)[C@H]2CC[C@H](CCCCCCC[C@H]3C[C@@H](CC(C)=O)C(=O)O3)O2)O1. The number of esters is 1. The van der Waals surface area contributed by atoms with Gasteiger partial charge in [0.2, 0.25) is 0 Å². The van der Waals surface area contributed by atoms with Crippen molar-refractivity contribution in [3.05, 3.63) is 0 Å². The molecule has 0 radical (unpaired) electrons. The van der Waals surface area contributed by atoms with Crippen LogP contribution in [-0.4, -0.2) is 75.9 Å². The fourth-order valence-corrected chi connectivity index (χ4v) is 7.56. The molecule has 45 heavy (non-hydrogen) atoms. The number of rotatable bonds is 25. The molecule has 3 N–H and O–H groups in total. The summed E-state index contributed by atoms with van der Waals surface area (Å²) in [6.45, 7) is 3.77. The van der Waals surface area contributed by atoms with Gasteiger partial charge < -0.3 is 34.3 Å². The zero-order valence-corrected chi connectivity index (χ0v) is 28.5. The lowest BCUT2D eigenvalue weighted by Gasteiger charge is -2.24. The third-order valence-electron chi connectivity index (χ3n) is 10.4. The van der Waals surface area contributed by atoms with Gasteiger partial charge in [-0.2, -0.15) is 0 Å². The van der Waals surface area contributed by atoms with Crippen molar-refractivity contribution in [2.45, 2.75) is 217 Å². The van der Waals surface area contributed by atoms with Crippen molar-refractivity contribution in [2.75, 3.05) is 0 Å². The molecular weight excluding hydrogens is 572 g/mol. The van der Waals surface area contributed by atoms with Gasteiger partial charge in [0, 0.05) is 6.42 Å². The van der Waals surface area contributed by atoms with Crippen LogP contribution in [0.25, 0.3) is 0 Å². The average Bonchev–Trinajstić information content (AvgIpc) is 3.77. The Morgan fingerprint density at radius 1 is 0.667 bits per heavy atom. The maximum absolute atomic E-state index is 11.9. The third kappa shape index (κ3) is 14.7. The van der Waals surface area contributed by atoms with Crippen LogP contribution in [0.15, 0.2) is 0 Å². The molecule has 3 heterocycles. The van der Waals surface area contributed by atoms with E-state index in [1.54, 1.807) is 0 Å². The number of carbonyl (C=O) groups is 2. The van der Waals surface area contributed by atoms with Crippen LogP contribution in [0.2, 0.25) is 0 Å². The second-order valence-electron chi connectivity index (χ2n) is 14.4. The zero-order chi connectivity index (χ0) is 32.4. The Morgan fingerprint density at radius 2 is 1.16 bits per heavy atom. The van der Waals surface area contributed by atoms with Crippen molar-refractivity contribution in [1.29, 1.82) is 0 Å². The van der Waals surface area contributed by atoms with Crippen LogP contribution in [0.1, 0.15) is 168 Å². The van der Waals surface area contributed by atoms with E-state index in [0.717, 1.165) is 89.9 Å². The Kier molecular flexibility index (Phi) is 18.5. The number of hydrogen-bond acceptors (Lipinski definition) is 8. The van der Waals surface area contributed by atoms with E-state index >= 15 is 0 Å². The number of ketones is 1. The lowest BCUT2D eigenvalue weighted by Crippen LogP contribution is -2.33. The highest BCUT2D eigenvalue weighted by Crippen LogP contribution is 2.31. The summed E-state index contributed by atoms with van der Waals surface area (Å²) in [5.74, 6) is -0.398. The number of Topliss-reactive ketones (excluding diaryl/α,β-unsaturated/α-hetero) is 1. The molecule has 0 saturated carbocycles. The molecule has 3 aliphatic rings. The topological polar surface area (TPSA) is 123 Å². The van der Waals surface area contributed by atoms with Crippen molar-refractivity contribution < 1.29 is 39.1 Å². The predicted octanol–water partition coefficient (Wildman–Crippen LogP) is 7.12. The van der Waals surface area contributed by atoms with Crippen LogP contribution in [0.5, 0.6) is 0 Å². The van der Waals surface area contributed by atoms with Gasteiger partial charge in [-0.3, -0.25) is 4.79 Å². The maximum atomic E-state index is 11.9. The molecule has 3 aliphatic heterocycles. The maximum Gasteiger partial charge on any atom is 0.309 e. The fraction of sp³-hybridized carbons (Fsp3) is 0.946. The van der Waals surface area contributed by atoms with Gasteiger partial charge in [-0.05, 0) is 77.6 Å². The fourth-order valence-electron chi connectivity index (χ4n) is 7.56. The molecule has 0 aliphatic carbocycles. The highest BCUT2D eigenvalue weighted by molar-refractivity contribution is 5.83. The normalized spacial score (nSPS) is 28.8. The molecule has 3 saturated heterocycles. The second kappa shape index (κ2) is 21.7. The van der Waals surface area contributed by atoms with Crippen LogP contribution in [0.3, 0.4) is 0 Å². The Morgan fingerprint density at radius 3 is 1.76 bits per heavy atom. The summed E-state index contributed by atoms with van der Waals surface area (Å²) in [7, 11) is 0. The van der Waals surface area contributed by atoms with E-state index in [9.17, 15) is 24.9 Å². The van der Waals surface area contributed by atoms with Crippen molar-refractivity contribution in [1.82, 2.24) is 0 Å². The highest BCUT2D eigenvalue weighted by Gasteiger charge is 2.36. The largest absolute Gasteiger partial charge is 0.462 e. The van der Waals surface area contributed by atoms with Crippen molar-refractivity contribution in [3.8, 4) is 0 Å². The first-order valence-electron chi connectivity index (χ1n) is 18.8. The molecule has 0 unspecified atom stereocenters. The van der Waals surface area contributed by atoms with E-state index in [-0.39, 0.29) is 48.2 Å². The minimum absolute atomic E-state index is 0.0249. The van der Waals surface area contributed by atoms with Crippen LogP contribution >= 0.6 is 0 Å². The molecule has 0 bridgehead atoms. The summed E-state index contributed by atoms with van der Waals surface area (Å²) >= 11 is 0. The first-order valence-corrected chi connectivity index (χ1v) is 18.8. The van der Waals surface area contributed by atoms with Crippen molar-refractivity contribution >= 4 is 11.8 Å². The number of carbonyl (C=O) groups excluding carboxylic acids is 2. The van der Waals surface area contributed by atoms with Gasteiger partial charge in [-0.1, -0.05) is 84.0 Å². The van der Waals surface area contributed by atoms with Gasteiger partial charge in [-0.25, -0.2) is 0 Å². The molecule has 3 fully saturated rings. The van der Waals surface area contributed by atoms with E-state index in [1.165, 1.54) is 45.4 Å². The number of aliphatic hydroxyl groups excluding tert-OH is 3. The minimum atomic E-state index is -0.625. The smallest absolute Gasteiger partial charge is 0.309 e. The van der Waals surface area contributed by atoms with E-state index in [0.29, 0.717) is 25.7 Å². The number of unbranched alkanes of at least 4 members (excludes halogenated alkanes) is 11. The van der Waals surface area contributed by atoms with Crippen LogP contribution in [-0.2, 0) is 23.8 Å². The molecule has 8 nitrogen and oxygen atoms in total. The van der Waals surface area contributed by atoms with Crippen molar-refractivity contribution in [3.63, 3.8) is 0 Å². The second-order valence-corrected chi connectivity index (χ2v) is 14.4. The van der Waals surface area contributed by atoms with Gasteiger partial charge in [0.05, 0.1) is 48.6 Å². The summed E-state index contributed by atoms with van der Waals surface area (Å²) < 4.78 is 17.7. The summed E-state index contributed by atoms with van der Waals surface area (Å²) in [5, 5.41) is 32.1. The highest BCUT2D eigenvalue weighted by atomic mass is 16.6. The summed E-state index contributed by atoms with van der Waals surface area (Å²) in [6, 6.07) is 0. The van der Waals surface area contributed by atoms with Gasteiger partial charge in [0.15, 0.2) is 0 Å². The van der Waals surface area contributed by atoms with E-state index in [2.05, 4.69) is 6.92 Å². The van der Waals surface area contributed by atoms with Crippen LogP contribution < -0.4 is 0 Å².